The van der Waals surface area contributed by atoms with Crippen LogP contribution in [0.15, 0.2) is 11.3 Å². The summed E-state index contributed by atoms with van der Waals surface area (Å²) in [5, 5.41) is 1.51. The molecule has 0 N–H and O–H groups in total. The van der Waals surface area contributed by atoms with Crippen molar-refractivity contribution in [3.63, 3.8) is 0 Å². The summed E-state index contributed by atoms with van der Waals surface area (Å²) in [6, 6.07) is 0. The van der Waals surface area contributed by atoms with E-state index in [1.54, 1.807) is 0 Å². The predicted octanol–water partition coefficient (Wildman–Crippen LogP) is 6.27. The third-order valence-corrected chi connectivity index (χ3v) is 14.2. The molecule has 0 aromatic heterocycles. The highest BCUT2D eigenvalue weighted by molar-refractivity contribution is 6.90. The third kappa shape index (κ3) is 2.71. The third-order valence-electron chi connectivity index (χ3n) is 7.02. The molecule has 3 heteroatoms. The Kier molecular flexibility index (Phi) is 5.74. The second kappa shape index (κ2) is 6.97. The smallest absolute Gasteiger partial charge is 0.314 e. The molecule has 0 spiro atoms. The van der Waals surface area contributed by atoms with Gasteiger partial charge in [-0.05, 0) is 29.5 Å². The average Bonchev–Trinajstić information content (AvgIpc) is 2.62. The van der Waals surface area contributed by atoms with Crippen LogP contribution < -0.4 is 0 Å². The van der Waals surface area contributed by atoms with E-state index >= 15 is 0 Å². The van der Waals surface area contributed by atoms with Crippen LogP contribution in [0.2, 0.25) is 16.6 Å². The lowest BCUT2D eigenvalue weighted by Crippen LogP contribution is -2.56. The van der Waals surface area contributed by atoms with Crippen molar-refractivity contribution in [2.75, 3.05) is 0 Å². The first-order chi connectivity index (χ1) is 11.1. The van der Waals surface area contributed by atoms with Gasteiger partial charge in [-0.15, -0.1) is 0 Å². The van der Waals surface area contributed by atoms with Crippen LogP contribution in [0.4, 0.5) is 0 Å². The van der Waals surface area contributed by atoms with Gasteiger partial charge in [0.25, 0.3) is 0 Å². The van der Waals surface area contributed by atoms with Gasteiger partial charge >= 0.3 is 5.97 Å². The molecule has 0 aromatic rings. The number of esters is 1. The molecule has 1 aliphatic carbocycles. The summed E-state index contributed by atoms with van der Waals surface area (Å²) in [5.74, 6) is 0.110. The minimum absolute atomic E-state index is 0.0444. The molecule has 138 valence electrons. The fourth-order valence-corrected chi connectivity index (χ4v) is 13.6. The van der Waals surface area contributed by atoms with Crippen molar-refractivity contribution < 1.29 is 9.53 Å². The summed E-state index contributed by atoms with van der Waals surface area (Å²) < 4.78 is 5.89. The van der Waals surface area contributed by atoms with Gasteiger partial charge in [0, 0.05) is 5.41 Å². The summed E-state index contributed by atoms with van der Waals surface area (Å²) in [6.45, 7) is 18.7. The Balaban J connectivity index is 2.37. The first-order valence-corrected chi connectivity index (χ1v) is 12.3. The minimum Gasteiger partial charge on any atom is -0.461 e. The molecule has 1 heterocycles. The van der Waals surface area contributed by atoms with Crippen molar-refractivity contribution in [2.24, 2.45) is 11.3 Å². The fourth-order valence-electron chi connectivity index (χ4n) is 6.06. The molecule has 2 rings (SSSR count). The molecule has 0 radical (unpaired) electrons. The first kappa shape index (κ1) is 19.7. The molecule has 1 fully saturated rings. The number of unbranched alkanes of at least 4 members (excludes halogenated alkanes) is 2. The van der Waals surface area contributed by atoms with Crippen LogP contribution in [0.1, 0.15) is 81.1 Å². The van der Waals surface area contributed by atoms with Gasteiger partial charge in [-0.3, -0.25) is 4.79 Å². The maximum atomic E-state index is 12.8. The number of rotatable bonds is 8. The van der Waals surface area contributed by atoms with Crippen LogP contribution >= 0.6 is 0 Å². The Labute approximate surface area is 150 Å². The van der Waals surface area contributed by atoms with Crippen molar-refractivity contribution in [2.45, 2.75) is 104 Å². The summed E-state index contributed by atoms with van der Waals surface area (Å²) in [7, 11) is -1.73. The van der Waals surface area contributed by atoms with Crippen LogP contribution in [0.25, 0.3) is 0 Å². The van der Waals surface area contributed by atoms with Gasteiger partial charge in [-0.2, -0.15) is 0 Å². The number of hydrogen-bond donors (Lipinski definition) is 0. The Morgan fingerprint density at radius 3 is 2.08 bits per heavy atom. The van der Waals surface area contributed by atoms with Crippen LogP contribution in [0, 0.1) is 11.3 Å². The quantitative estimate of drug-likeness (QED) is 0.293. The molecule has 24 heavy (non-hydrogen) atoms. The molecule has 0 aromatic carbocycles. The van der Waals surface area contributed by atoms with Gasteiger partial charge in [0.1, 0.15) is 6.10 Å². The van der Waals surface area contributed by atoms with E-state index in [-0.39, 0.29) is 23.4 Å². The number of fused-ring (bicyclic) bond motifs is 1. The standard InChI is InChI=1S/C21H38O2Si/c1-9-10-11-12-18-21(8)13-17(19(21)20(22)23-18)24(14(2)3,15(4)5)16(6)7/h13-16,18-19H,9-12H2,1-8H3/t18-,19-,21+/m1/s1. The van der Waals surface area contributed by atoms with Crippen molar-refractivity contribution in [1.82, 2.24) is 0 Å². The molecule has 1 aliphatic heterocycles. The van der Waals surface area contributed by atoms with E-state index in [1.807, 2.05) is 0 Å². The second-order valence-electron chi connectivity index (χ2n) is 9.22. The molecule has 1 saturated heterocycles. The monoisotopic (exact) mass is 350 g/mol. The summed E-state index contributed by atoms with van der Waals surface area (Å²) >= 11 is 0. The van der Waals surface area contributed by atoms with E-state index in [2.05, 4.69) is 61.5 Å². The number of hydrogen-bond acceptors (Lipinski definition) is 2. The number of cyclic esters (lactones) is 1. The zero-order valence-corrected chi connectivity index (χ0v) is 18.1. The van der Waals surface area contributed by atoms with E-state index in [1.165, 1.54) is 24.5 Å². The zero-order valence-electron chi connectivity index (χ0n) is 17.1. The molecule has 0 unspecified atom stereocenters. The minimum atomic E-state index is -1.73. The molecular formula is C21H38O2Si. The molecule has 0 bridgehead atoms. The van der Waals surface area contributed by atoms with Gasteiger partial charge < -0.3 is 4.74 Å². The lowest BCUT2D eigenvalue weighted by molar-refractivity contribution is -0.143. The summed E-state index contributed by atoms with van der Waals surface area (Å²) in [6.07, 6.45) is 7.23. The lowest BCUT2D eigenvalue weighted by Gasteiger charge is -2.54. The van der Waals surface area contributed by atoms with Crippen LogP contribution in [-0.2, 0) is 9.53 Å². The number of carbonyl (C=O) groups excluding carboxylic acids is 1. The Morgan fingerprint density at radius 1 is 1.08 bits per heavy atom. The maximum Gasteiger partial charge on any atom is 0.314 e. The lowest BCUT2D eigenvalue weighted by atomic mass is 9.65. The molecule has 0 amide bonds. The second-order valence-corrected chi connectivity index (χ2v) is 15.1. The summed E-state index contributed by atoms with van der Waals surface area (Å²) in [5.41, 5.74) is 1.91. The van der Waals surface area contributed by atoms with E-state index in [9.17, 15) is 4.79 Å². The van der Waals surface area contributed by atoms with Crippen LogP contribution in [0.3, 0.4) is 0 Å². The highest BCUT2D eigenvalue weighted by Crippen LogP contribution is 2.62. The van der Waals surface area contributed by atoms with Crippen LogP contribution in [0.5, 0.6) is 0 Å². The van der Waals surface area contributed by atoms with E-state index in [0.29, 0.717) is 16.6 Å². The Bertz CT molecular complexity index is 484. The van der Waals surface area contributed by atoms with Gasteiger partial charge in [0.05, 0.1) is 14.0 Å². The highest BCUT2D eigenvalue weighted by Gasteiger charge is 2.65. The van der Waals surface area contributed by atoms with Crippen molar-refractivity contribution in [1.29, 1.82) is 0 Å². The predicted molar refractivity (Wildman–Crippen MR) is 105 cm³/mol. The van der Waals surface area contributed by atoms with Gasteiger partial charge in [0.15, 0.2) is 0 Å². The van der Waals surface area contributed by atoms with Crippen molar-refractivity contribution in [3.8, 4) is 0 Å². The van der Waals surface area contributed by atoms with Crippen molar-refractivity contribution in [3.05, 3.63) is 11.3 Å². The van der Waals surface area contributed by atoms with E-state index in [4.69, 9.17) is 4.74 Å². The first-order valence-electron chi connectivity index (χ1n) is 10.1. The normalized spacial score (nSPS) is 29.8. The molecule has 2 aliphatic rings. The Hall–Kier alpha value is -0.573. The zero-order chi connectivity index (χ0) is 18.3. The molecule has 3 atom stereocenters. The van der Waals surface area contributed by atoms with E-state index in [0.717, 1.165) is 6.42 Å². The van der Waals surface area contributed by atoms with Gasteiger partial charge in [-0.1, -0.05) is 79.5 Å². The topological polar surface area (TPSA) is 26.3 Å². The average molecular weight is 351 g/mol. The molecule has 0 saturated carbocycles. The summed E-state index contributed by atoms with van der Waals surface area (Å²) in [4.78, 5) is 12.8. The number of carbonyl (C=O) groups is 1. The highest BCUT2D eigenvalue weighted by atomic mass is 28.3. The molecule has 2 nitrogen and oxygen atoms in total. The molecular weight excluding hydrogens is 312 g/mol. The largest absolute Gasteiger partial charge is 0.461 e. The van der Waals surface area contributed by atoms with Gasteiger partial charge in [0.2, 0.25) is 0 Å². The number of ether oxygens (including phenoxy) is 1. The van der Waals surface area contributed by atoms with Crippen molar-refractivity contribution >= 4 is 14.0 Å². The Morgan fingerprint density at radius 2 is 1.62 bits per heavy atom. The SMILES string of the molecule is CCCCC[C@H]1OC(=O)[C@H]2C([Si](C(C)C)(C(C)C)C(C)C)=C[C@]21C. The maximum absolute atomic E-state index is 12.8. The van der Waals surface area contributed by atoms with E-state index < -0.39 is 8.07 Å². The fraction of sp³-hybridized carbons (Fsp3) is 0.857. The van der Waals surface area contributed by atoms with Crippen LogP contribution in [-0.4, -0.2) is 20.1 Å². The van der Waals surface area contributed by atoms with Gasteiger partial charge in [-0.25, -0.2) is 0 Å².